The van der Waals surface area contributed by atoms with Crippen LogP contribution in [0.1, 0.15) is 17.3 Å². The van der Waals surface area contributed by atoms with Crippen LogP contribution >= 0.6 is 0 Å². The van der Waals surface area contributed by atoms with Crippen molar-refractivity contribution in [2.75, 3.05) is 7.11 Å². The molecule has 1 aromatic carbocycles. The van der Waals surface area contributed by atoms with Crippen molar-refractivity contribution >= 4 is 0 Å². The quantitative estimate of drug-likeness (QED) is 0.923. The van der Waals surface area contributed by atoms with Crippen LogP contribution in [0.2, 0.25) is 0 Å². The molecule has 0 aliphatic rings. The average molecular weight is 264 g/mol. The van der Waals surface area contributed by atoms with Gasteiger partial charge in [0.05, 0.1) is 18.8 Å². The molecule has 1 aromatic heterocycles. The Balaban J connectivity index is 2.23. The maximum Gasteiger partial charge on any atom is 0.141 e. The average Bonchev–Trinajstić information content (AvgIpc) is 2.41. The molecule has 0 aliphatic heterocycles. The van der Waals surface area contributed by atoms with Crippen LogP contribution in [0.25, 0.3) is 0 Å². The molecule has 0 bridgehead atoms. The van der Waals surface area contributed by atoms with Gasteiger partial charge in [0.2, 0.25) is 0 Å². The second-order valence-corrected chi connectivity index (χ2v) is 4.14. The molecule has 0 amide bonds. The van der Waals surface area contributed by atoms with Crippen LogP contribution in [0, 0.1) is 11.6 Å². The Morgan fingerprint density at radius 1 is 1.32 bits per heavy atom. The van der Waals surface area contributed by atoms with E-state index < -0.39 is 17.7 Å². The minimum atomic E-state index is -0.606. The second kappa shape index (κ2) is 5.75. The topological polar surface area (TPSA) is 48.1 Å². The third-order valence-electron chi connectivity index (χ3n) is 2.83. The highest BCUT2D eigenvalue weighted by Gasteiger charge is 2.16. The first-order valence-corrected chi connectivity index (χ1v) is 5.80. The lowest BCUT2D eigenvalue weighted by atomic mass is 10.0. The molecule has 100 valence electrons. The fourth-order valence-corrected chi connectivity index (χ4v) is 1.87. The van der Waals surface area contributed by atoms with Crippen molar-refractivity contribution < 1.29 is 13.5 Å². The van der Waals surface area contributed by atoms with Crippen LogP contribution in [0.15, 0.2) is 36.5 Å². The van der Waals surface area contributed by atoms with Crippen molar-refractivity contribution in [3.63, 3.8) is 0 Å². The molecule has 0 saturated heterocycles. The highest BCUT2D eigenvalue weighted by Crippen LogP contribution is 2.24. The van der Waals surface area contributed by atoms with Crippen molar-refractivity contribution in [1.82, 2.24) is 4.98 Å². The van der Waals surface area contributed by atoms with Gasteiger partial charge in [-0.25, -0.2) is 8.78 Å². The molecular formula is C14H14F2N2O. The van der Waals surface area contributed by atoms with Crippen molar-refractivity contribution in [2.24, 2.45) is 5.73 Å². The van der Waals surface area contributed by atoms with Crippen molar-refractivity contribution in [1.29, 1.82) is 0 Å². The number of halogens is 2. The molecule has 0 aliphatic carbocycles. The zero-order chi connectivity index (χ0) is 13.8. The number of benzene rings is 1. The van der Waals surface area contributed by atoms with Gasteiger partial charge in [0.15, 0.2) is 0 Å². The Kier molecular flexibility index (Phi) is 4.06. The lowest BCUT2D eigenvalue weighted by Crippen LogP contribution is -2.16. The van der Waals surface area contributed by atoms with E-state index in [4.69, 9.17) is 10.5 Å². The van der Waals surface area contributed by atoms with E-state index in [0.29, 0.717) is 17.0 Å². The predicted octanol–water partition coefficient (Wildman–Crippen LogP) is 2.61. The number of hydrogen-bond donors (Lipinski definition) is 1. The maximum atomic E-state index is 13.6. The molecule has 0 saturated carbocycles. The van der Waals surface area contributed by atoms with E-state index in [1.54, 1.807) is 18.3 Å². The summed E-state index contributed by atoms with van der Waals surface area (Å²) in [5.74, 6) is -0.659. The molecule has 0 radical (unpaired) electrons. The summed E-state index contributed by atoms with van der Waals surface area (Å²) in [4.78, 5) is 4.15. The van der Waals surface area contributed by atoms with Crippen LogP contribution in [0.5, 0.6) is 5.75 Å². The lowest BCUT2D eigenvalue weighted by molar-refractivity contribution is 0.401. The Morgan fingerprint density at radius 2 is 2.11 bits per heavy atom. The van der Waals surface area contributed by atoms with Gasteiger partial charge in [-0.2, -0.15) is 0 Å². The van der Waals surface area contributed by atoms with Crippen LogP contribution < -0.4 is 10.5 Å². The monoisotopic (exact) mass is 264 g/mol. The first-order chi connectivity index (χ1) is 9.11. The minimum Gasteiger partial charge on any atom is -0.495 e. The maximum absolute atomic E-state index is 13.6. The van der Waals surface area contributed by atoms with E-state index in [9.17, 15) is 8.78 Å². The van der Waals surface area contributed by atoms with Crippen LogP contribution in [0.3, 0.4) is 0 Å². The SMILES string of the molecule is COc1cccnc1C(N)Cc1ccc(F)cc1F. The smallest absolute Gasteiger partial charge is 0.141 e. The largest absolute Gasteiger partial charge is 0.495 e. The fraction of sp³-hybridized carbons (Fsp3) is 0.214. The van der Waals surface area contributed by atoms with Gasteiger partial charge < -0.3 is 10.5 Å². The van der Waals surface area contributed by atoms with Gasteiger partial charge in [0, 0.05) is 12.3 Å². The Bertz CT molecular complexity index is 575. The van der Waals surface area contributed by atoms with Crippen LogP contribution in [0.4, 0.5) is 8.78 Å². The zero-order valence-electron chi connectivity index (χ0n) is 10.4. The number of nitrogens with two attached hydrogens (primary N) is 1. The minimum absolute atomic E-state index is 0.222. The second-order valence-electron chi connectivity index (χ2n) is 4.14. The fourth-order valence-electron chi connectivity index (χ4n) is 1.87. The Hall–Kier alpha value is -2.01. The number of nitrogens with zero attached hydrogens (tertiary/aromatic N) is 1. The summed E-state index contributed by atoms with van der Waals surface area (Å²) in [5, 5.41) is 0. The normalized spacial score (nSPS) is 12.2. The molecule has 0 spiro atoms. The predicted molar refractivity (Wildman–Crippen MR) is 67.8 cm³/mol. The van der Waals surface area contributed by atoms with E-state index >= 15 is 0 Å². The van der Waals surface area contributed by atoms with E-state index in [1.807, 2.05) is 0 Å². The van der Waals surface area contributed by atoms with Gasteiger partial charge in [-0.05, 0) is 30.2 Å². The van der Waals surface area contributed by atoms with Gasteiger partial charge in [0.25, 0.3) is 0 Å². The van der Waals surface area contributed by atoms with Gasteiger partial charge in [-0.15, -0.1) is 0 Å². The molecule has 2 aromatic rings. The first-order valence-electron chi connectivity index (χ1n) is 5.80. The lowest BCUT2D eigenvalue weighted by Gasteiger charge is -2.14. The van der Waals surface area contributed by atoms with E-state index in [1.165, 1.54) is 19.2 Å². The third-order valence-corrected chi connectivity index (χ3v) is 2.83. The summed E-state index contributed by atoms with van der Waals surface area (Å²) in [6.07, 6.45) is 1.82. The molecule has 1 heterocycles. The summed E-state index contributed by atoms with van der Waals surface area (Å²) in [7, 11) is 1.52. The molecule has 1 unspecified atom stereocenters. The van der Waals surface area contributed by atoms with Gasteiger partial charge >= 0.3 is 0 Å². The van der Waals surface area contributed by atoms with E-state index in [0.717, 1.165) is 6.07 Å². The van der Waals surface area contributed by atoms with Gasteiger partial charge in [-0.3, -0.25) is 4.98 Å². The Morgan fingerprint density at radius 3 is 2.79 bits per heavy atom. The standard InChI is InChI=1S/C14H14F2N2O/c1-19-13-3-2-6-18-14(13)12(17)7-9-4-5-10(15)8-11(9)16/h2-6,8,12H,7,17H2,1H3. The van der Waals surface area contributed by atoms with Crippen molar-refractivity contribution in [3.8, 4) is 5.75 Å². The molecule has 2 N–H and O–H groups in total. The summed E-state index contributed by atoms with van der Waals surface area (Å²) in [6, 6.07) is 6.39. The first kappa shape index (κ1) is 13.4. The molecule has 1 atom stereocenters. The van der Waals surface area contributed by atoms with Crippen molar-refractivity contribution in [3.05, 3.63) is 59.4 Å². The number of aromatic nitrogens is 1. The summed E-state index contributed by atoms with van der Waals surface area (Å²) in [6.45, 7) is 0. The van der Waals surface area contributed by atoms with E-state index in [-0.39, 0.29) is 6.42 Å². The van der Waals surface area contributed by atoms with Gasteiger partial charge in [0.1, 0.15) is 17.4 Å². The summed E-state index contributed by atoms with van der Waals surface area (Å²) >= 11 is 0. The number of rotatable bonds is 4. The van der Waals surface area contributed by atoms with Crippen LogP contribution in [-0.2, 0) is 6.42 Å². The molecular weight excluding hydrogens is 250 g/mol. The van der Waals surface area contributed by atoms with Gasteiger partial charge in [-0.1, -0.05) is 6.07 Å². The third kappa shape index (κ3) is 3.06. The zero-order valence-corrected chi connectivity index (χ0v) is 10.4. The number of ether oxygens (including phenoxy) is 1. The van der Waals surface area contributed by atoms with Crippen LogP contribution in [-0.4, -0.2) is 12.1 Å². The Labute approximate surface area is 110 Å². The molecule has 3 nitrogen and oxygen atoms in total. The summed E-state index contributed by atoms with van der Waals surface area (Å²) < 4.78 is 31.5. The van der Waals surface area contributed by atoms with E-state index in [2.05, 4.69) is 4.98 Å². The molecule has 2 rings (SSSR count). The number of hydrogen-bond acceptors (Lipinski definition) is 3. The highest BCUT2D eigenvalue weighted by atomic mass is 19.1. The highest BCUT2D eigenvalue weighted by molar-refractivity contribution is 5.31. The molecule has 0 fully saturated rings. The molecule has 5 heteroatoms. The van der Waals surface area contributed by atoms with Crippen molar-refractivity contribution in [2.45, 2.75) is 12.5 Å². The molecule has 19 heavy (non-hydrogen) atoms. The number of methoxy groups -OCH3 is 1. The summed E-state index contributed by atoms with van der Waals surface area (Å²) in [5.41, 5.74) is 6.91. The number of pyridine rings is 1.